The fourth-order valence-electron chi connectivity index (χ4n) is 1.14. The quantitative estimate of drug-likeness (QED) is 0.630. The maximum absolute atomic E-state index is 13.3. The first-order chi connectivity index (χ1) is 7.99. The number of alkyl halides is 1. The first-order valence-corrected chi connectivity index (χ1v) is 5.33. The standard InChI is InChI=1S/C12H11ClFNO2/c1-8(13)2-3-9-4-5-11(14)10(6-9)7-15-12(16)17/h4-6,8,15H,7H2,1H3,(H,16,17). The van der Waals surface area contributed by atoms with Crippen LogP contribution in [0.2, 0.25) is 0 Å². The third-order valence-corrected chi connectivity index (χ3v) is 2.00. The van der Waals surface area contributed by atoms with Crippen LogP contribution in [-0.4, -0.2) is 16.6 Å². The Morgan fingerprint density at radius 2 is 2.35 bits per heavy atom. The van der Waals surface area contributed by atoms with E-state index in [1.54, 1.807) is 6.92 Å². The molecule has 0 radical (unpaired) electrons. The highest BCUT2D eigenvalue weighted by Crippen LogP contribution is 2.10. The fourth-order valence-corrected chi connectivity index (χ4v) is 1.20. The van der Waals surface area contributed by atoms with E-state index in [4.69, 9.17) is 16.7 Å². The summed E-state index contributed by atoms with van der Waals surface area (Å²) in [6.45, 7) is 1.64. The van der Waals surface area contributed by atoms with Crippen molar-refractivity contribution in [3.8, 4) is 11.8 Å². The highest BCUT2D eigenvalue weighted by atomic mass is 35.5. The van der Waals surface area contributed by atoms with E-state index >= 15 is 0 Å². The van der Waals surface area contributed by atoms with Crippen molar-refractivity contribution in [1.29, 1.82) is 0 Å². The lowest BCUT2D eigenvalue weighted by Gasteiger charge is -2.03. The van der Waals surface area contributed by atoms with Crippen molar-refractivity contribution in [1.82, 2.24) is 5.32 Å². The molecule has 1 amide bonds. The number of nitrogens with one attached hydrogen (secondary N) is 1. The highest BCUT2D eigenvalue weighted by Gasteiger charge is 2.04. The van der Waals surface area contributed by atoms with Gasteiger partial charge in [-0.3, -0.25) is 0 Å². The summed E-state index contributed by atoms with van der Waals surface area (Å²) in [5.41, 5.74) is 0.850. The van der Waals surface area contributed by atoms with E-state index in [1.807, 2.05) is 0 Å². The maximum Gasteiger partial charge on any atom is 0.404 e. The summed E-state index contributed by atoms with van der Waals surface area (Å²) in [6.07, 6.45) is -1.20. The van der Waals surface area contributed by atoms with E-state index in [2.05, 4.69) is 17.2 Å². The van der Waals surface area contributed by atoms with E-state index in [9.17, 15) is 9.18 Å². The molecule has 0 aliphatic rings. The lowest BCUT2D eigenvalue weighted by Crippen LogP contribution is -2.20. The second-order valence-corrected chi connectivity index (χ2v) is 4.00. The number of carbonyl (C=O) groups is 1. The molecule has 90 valence electrons. The minimum atomic E-state index is -1.20. The van der Waals surface area contributed by atoms with Gasteiger partial charge < -0.3 is 10.4 Å². The van der Waals surface area contributed by atoms with Crippen molar-refractivity contribution in [2.45, 2.75) is 18.8 Å². The molecule has 1 aromatic rings. The summed E-state index contributed by atoms with van der Waals surface area (Å²) in [4.78, 5) is 10.3. The van der Waals surface area contributed by atoms with Gasteiger partial charge in [0.25, 0.3) is 0 Å². The van der Waals surface area contributed by atoms with Crippen LogP contribution in [0.3, 0.4) is 0 Å². The summed E-state index contributed by atoms with van der Waals surface area (Å²) in [5, 5.41) is 10.2. The first kappa shape index (κ1) is 13.3. The van der Waals surface area contributed by atoms with Crippen molar-refractivity contribution in [2.75, 3.05) is 0 Å². The molecular weight excluding hydrogens is 245 g/mol. The largest absolute Gasteiger partial charge is 0.465 e. The molecule has 17 heavy (non-hydrogen) atoms. The monoisotopic (exact) mass is 255 g/mol. The summed E-state index contributed by atoms with van der Waals surface area (Å²) >= 11 is 5.66. The predicted octanol–water partition coefficient (Wildman–Crippen LogP) is 2.57. The minimum Gasteiger partial charge on any atom is -0.465 e. The molecule has 1 rings (SSSR count). The second-order valence-electron chi connectivity index (χ2n) is 3.35. The average molecular weight is 256 g/mol. The zero-order valence-electron chi connectivity index (χ0n) is 9.13. The number of hydrogen-bond donors (Lipinski definition) is 2. The van der Waals surface area contributed by atoms with Crippen molar-refractivity contribution in [2.24, 2.45) is 0 Å². The van der Waals surface area contributed by atoms with Crippen LogP contribution in [0, 0.1) is 17.7 Å². The zero-order valence-corrected chi connectivity index (χ0v) is 9.88. The Balaban J connectivity index is 2.87. The molecular formula is C12H11ClFNO2. The van der Waals surface area contributed by atoms with Crippen LogP contribution >= 0.6 is 11.6 Å². The molecule has 2 N–H and O–H groups in total. The third kappa shape index (κ3) is 4.75. The van der Waals surface area contributed by atoms with Gasteiger partial charge in [0, 0.05) is 17.7 Å². The Labute approximate surface area is 104 Å². The predicted molar refractivity (Wildman–Crippen MR) is 63.5 cm³/mol. The Morgan fingerprint density at radius 3 is 2.94 bits per heavy atom. The van der Waals surface area contributed by atoms with Gasteiger partial charge in [-0.2, -0.15) is 0 Å². The molecule has 0 heterocycles. The second kappa shape index (κ2) is 6.12. The van der Waals surface area contributed by atoms with E-state index < -0.39 is 11.9 Å². The number of hydrogen-bond acceptors (Lipinski definition) is 1. The molecule has 1 atom stereocenters. The normalized spacial score (nSPS) is 11.2. The topological polar surface area (TPSA) is 49.3 Å². The Kier molecular flexibility index (Phi) is 4.80. The van der Waals surface area contributed by atoms with Gasteiger partial charge in [-0.25, -0.2) is 9.18 Å². The number of carboxylic acid groups (broad SMARTS) is 1. The number of halogens is 2. The van der Waals surface area contributed by atoms with Gasteiger partial charge in [0.2, 0.25) is 0 Å². The first-order valence-electron chi connectivity index (χ1n) is 4.90. The van der Waals surface area contributed by atoms with Crippen LogP contribution in [0.1, 0.15) is 18.1 Å². The lowest BCUT2D eigenvalue weighted by molar-refractivity contribution is 0.194. The van der Waals surface area contributed by atoms with Gasteiger partial charge in [0.05, 0.1) is 5.38 Å². The van der Waals surface area contributed by atoms with Crippen LogP contribution in [0.15, 0.2) is 18.2 Å². The van der Waals surface area contributed by atoms with Gasteiger partial charge in [-0.1, -0.05) is 11.8 Å². The summed E-state index contributed by atoms with van der Waals surface area (Å²) < 4.78 is 13.3. The van der Waals surface area contributed by atoms with Crippen LogP contribution in [-0.2, 0) is 6.54 Å². The molecule has 5 heteroatoms. The van der Waals surface area contributed by atoms with Crippen LogP contribution in [0.5, 0.6) is 0 Å². The third-order valence-electron chi connectivity index (χ3n) is 1.89. The van der Waals surface area contributed by atoms with Gasteiger partial charge in [-0.15, -0.1) is 11.6 Å². The molecule has 1 unspecified atom stereocenters. The van der Waals surface area contributed by atoms with Gasteiger partial charge in [-0.05, 0) is 25.1 Å². The molecule has 0 fully saturated rings. The number of rotatable bonds is 2. The fraction of sp³-hybridized carbons (Fsp3) is 0.250. The molecule has 0 spiro atoms. The summed E-state index contributed by atoms with van der Waals surface area (Å²) in [6, 6.07) is 4.27. The Hall–Kier alpha value is -1.73. The smallest absolute Gasteiger partial charge is 0.404 e. The van der Waals surface area contributed by atoms with E-state index in [-0.39, 0.29) is 17.5 Å². The van der Waals surface area contributed by atoms with Gasteiger partial charge in [0.15, 0.2) is 0 Å². The molecule has 3 nitrogen and oxygen atoms in total. The van der Waals surface area contributed by atoms with Crippen molar-refractivity contribution >= 4 is 17.7 Å². The molecule has 0 aromatic heterocycles. The molecule has 0 bridgehead atoms. The molecule has 0 aliphatic carbocycles. The van der Waals surface area contributed by atoms with Crippen molar-refractivity contribution in [3.05, 3.63) is 35.1 Å². The minimum absolute atomic E-state index is 0.0902. The molecule has 0 aliphatic heterocycles. The zero-order chi connectivity index (χ0) is 12.8. The highest BCUT2D eigenvalue weighted by molar-refractivity contribution is 6.22. The maximum atomic E-state index is 13.3. The molecule has 0 saturated carbocycles. The van der Waals surface area contributed by atoms with Crippen LogP contribution in [0.4, 0.5) is 9.18 Å². The molecule has 0 saturated heterocycles. The summed E-state index contributed by atoms with van der Waals surface area (Å²) in [5.74, 6) is 5.04. The molecule has 1 aromatic carbocycles. The lowest BCUT2D eigenvalue weighted by atomic mass is 10.1. The van der Waals surface area contributed by atoms with E-state index in [1.165, 1.54) is 18.2 Å². The van der Waals surface area contributed by atoms with Crippen LogP contribution < -0.4 is 5.32 Å². The van der Waals surface area contributed by atoms with Gasteiger partial charge >= 0.3 is 6.09 Å². The van der Waals surface area contributed by atoms with Crippen molar-refractivity contribution < 1.29 is 14.3 Å². The average Bonchev–Trinajstić information content (AvgIpc) is 2.26. The number of amides is 1. The van der Waals surface area contributed by atoms with Crippen molar-refractivity contribution in [3.63, 3.8) is 0 Å². The van der Waals surface area contributed by atoms with E-state index in [0.717, 1.165) is 0 Å². The number of benzene rings is 1. The summed E-state index contributed by atoms with van der Waals surface area (Å²) in [7, 11) is 0. The SMILES string of the molecule is CC(Cl)C#Cc1ccc(F)c(CNC(=O)O)c1. The van der Waals surface area contributed by atoms with Gasteiger partial charge in [0.1, 0.15) is 5.82 Å². The van der Waals surface area contributed by atoms with Crippen LogP contribution in [0.25, 0.3) is 0 Å². The Morgan fingerprint density at radius 1 is 1.65 bits per heavy atom. The van der Waals surface area contributed by atoms with E-state index in [0.29, 0.717) is 5.56 Å². The Bertz CT molecular complexity index is 477.